The molecule has 2 aromatic heterocycles. The van der Waals surface area contributed by atoms with E-state index in [1.807, 2.05) is 18.2 Å². The molecular formula is C31H22O2S. The standard InChI is InChI=1S/C31H22O2S/c1-31(2)23-8-4-6-10-26(23)33-28-18-20(12-14-24(28)31)30-16-15-29(34-30)19-11-13-22-21-7-3-5-9-25(21)32-27(22)17-19/h3-18H,1-2H3. The summed E-state index contributed by atoms with van der Waals surface area (Å²) in [7, 11) is 0. The van der Waals surface area contributed by atoms with Gasteiger partial charge in [-0.15, -0.1) is 11.3 Å². The zero-order valence-electron chi connectivity index (χ0n) is 19.0. The van der Waals surface area contributed by atoms with Crippen LogP contribution in [0.25, 0.3) is 42.8 Å². The predicted octanol–water partition coefficient (Wildman–Crippen LogP) is 9.41. The summed E-state index contributed by atoms with van der Waals surface area (Å²) in [5, 5.41) is 2.32. The molecule has 3 heterocycles. The Balaban J connectivity index is 1.27. The lowest BCUT2D eigenvalue weighted by molar-refractivity contribution is 0.418. The molecule has 0 bridgehead atoms. The molecule has 3 heteroatoms. The molecule has 0 fully saturated rings. The average Bonchev–Trinajstić information content (AvgIpc) is 3.49. The van der Waals surface area contributed by atoms with Crippen LogP contribution in [0, 0.1) is 0 Å². The van der Waals surface area contributed by atoms with Crippen LogP contribution in [0.4, 0.5) is 0 Å². The summed E-state index contributed by atoms with van der Waals surface area (Å²) in [5.41, 5.74) is 6.57. The van der Waals surface area contributed by atoms with Gasteiger partial charge in [0.25, 0.3) is 0 Å². The number of thiophene rings is 1. The minimum Gasteiger partial charge on any atom is -0.457 e. The second-order valence-corrected chi connectivity index (χ2v) is 10.5. The number of fused-ring (bicyclic) bond motifs is 5. The first-order valence-electron chi connectivity index (χ1n) is 11.5. The molecule has 0 atom stereocenters. The van der Waals surface area contributed by atoms with Gasteiger partial charge in [-0.1, -0.05) is 68.4 Å². The maximum absolute atomic E-state index is 6.34. The van der Waals surface area contributed by atoms with Crippen molar-refractivity contribution in [2.24, 2.45) is 0 Å². The Morgan fingerprint density at radius 3 is 2.15 bits per heavy atom. The van der Waals surface area contributed by atoms with Crippen LogP contribution >= 0.6 is 11.3 Å². The van der Waals surface area contributed by atoms with E-state index in [1.54, 1.807) is 11.3 Å². The van der Waals surface area contributed by atoms with Crippen molar-refractivity contribution in [2.75, 3.05) is 0 Å². The highest BCUT2D eigenvalue weighted by Crippen LogP contribution is 2.49. The minimum absolute atomic E-state index is 0.0920. The maximum atomic E-state index is 6.34. The van der Waals surface area contributed by atoms with Crippen molar-refractivity contribution in [1.82, 2.24) is 0 Å². The first kappa shape index (κ1) is 19.6. The Hall–Kier alpha value is -3.82. The summed E-state index contributed by atoms with van der Waals surface area (Å²) < 4.78 is 12.4. The first-order chi connectivity index (χ1) is 16.6. The van der Waals surface area contributed by atoms with E-state index in [-0.39, 0.29) is 5.41 Å². The van der Waals surface area contributed by atoms with E-state index in [2.05, 4.69) is 92.7 Å². The summed E-state index contributed by atoms with van der Waals surface area (Å²) in [4.78, 5) is 2.45. The van der Waals surface area contributed by atoms with Gasteiger partial charge in [0.2, 0.25) is 0 Å². The second-order valence-electron chi connectivity index (χ2n) is 9.41. The van der Waals surface area contributed by atoms with Gasteiger partial charge in [0.15, 0.2) is 0 Å². The highest BCUT2D eigenvalue weighted by molar-refractivity contribution is 7.18. The number of hydrogen-bond donors (Lipinski definition) is 0. The van der Waals surface area contributed by atoms with Crippen LogP contribution in [0.1, 0.15) is 25.0 Å². The topological polar surface area (TPSA) is 22.4 Å². The molecule has 0 spiro atoms. The van der Waals surface area contributed by atoms with E-state index in [0.717, 1.165) is 33.4 Å². The van der Waals surface area contributed by atoms with Crippen LogP contribution in [0.3, 0.4) is 0 Å². The van der Waals surface area contributed by atoms with E-state index in [1.165, 1.54) is 32.0 Å². The van der Waals surface area contributed by atoms with Gasteiger partial charge in [-0.2, -0.15) is 0 Å². The van der Waals surface area contributed by atoms with E-state index >= 15 is 0 Å². The van der Waals surface area contributed by atoms with Gasteiger partial charge < -0.3 is 9.15 Å². The van der Waals surface area contributed by atoms with Crippen molar-refractivity contribution in [2.45, 2.75) is 19.3 Å². The van der Waals surface area contributed by atoms with Gasteiger partial charge in [-0.25, -0.2) is 0 Å². The summed E-state index contributed by atoms with van der Waals surface area (Å²) in [6, 6.07) is 34.1. The quantitative estimate of drug-likeness (QED) is 0.258. The molecule has 0 amide bonds. The van der Waals surface area contributed by atoms with Crippen molar-refractivity contribution in [1.29, 1.82) is 0 Å². The molecule has 164 valence electrons. The molecule has 6 aromatic rings. The van der Waals surface area contributed by atoms with Gasteiger partial charge in [0, 0.05) is 37.1 Å². The molecule has 0 saturated heterocycles. The Bertz CT molecular complexity index is 1720. The molecule has 1 aliphatic rings. The smallest absolute Gasteiger partial charge is 0.136 e. The zero-order valence-corrected chi connectivity index (χ0v) is 19.8. The summed E-state index contributed by atoms with van der Waals surface area (Å²) in [6.45, 7) is 4.54. The third-order valence-corrected chi connectivity index (χ3v) is 8.17. The van der Waals surface area contributed by atoms with Crippen molar-refractivity contribution >= 4 is 33.3 Å². The van der Waals surface area contributed by atoms with Gasteiger partial charge in [0.05, 0.1) is 0 Å². The van der Waals surface area contributed by atoms with Crippen LogP contribution in [0.5, 0.6) is 11.5 Å². The molecule has 0 saturated carbocycles. The van der Waals surface area contributed by atoms with Gasteiger partial charge in [0.1, 0.15) is 22.7 Å². The molecule has 2 nitrogen and oxygen atoms in total. The van der Waals surface area contributed by atoms with Crippen molar-refractivity contribution in [3.8, 4) is 32.4 Å². The summed E-state index contributed by atoms with van der Waals surface area (Å²) >= 11 is 1.79. The molecule has 0 N–H and O–H groups in total. The van der Waals surface area contributed by atoms with Crippen LogP contribution in [-0.2, 0) is 5.41 Å². The summed E-state index contributed by atoms with van der Waals surface area (Å²) in [5.74, 6) is 1.89. The van der Waals surface area contributed by atoms with Crippen molar-refractivity contribution in [3.63, 3.8) is 0 Å². The van der Waals surface area contributed by atoms with Crippen LogP contribution in [0.2, 0.25) is 0 Å². The Morgan fingerprint density at radius 1 is 0.588 bits per heavy atom. The molecule has 0 radical (unpaired) electrons. The normalized spacial score (nSPS) is 14.1. The van der Waals surface area contributed by atoms with Crippen LogP contribution in [-0.4, -0.2) is 0 Å². The molecule has 34 heavy (non-hydrogen) atoms. The van der Waals surface area contributed by atoms with Gasteiger partial charge in [-0.05, 0) is 53.6 Å². The zero-order chi connectivity index (χ0) is 22.9. The third kappa shape index (κ3) is 2.87. The SMILES string of the molecule is CC1(C)c2ccccc2Oc2cc(-c3ccc(-c4ccc5c(c4)oc4ccccc45)s3)ccc21. The fourth-order valence-corrected chi connectivity index (χ4v) is 6.14. The Kier molecular flexibility index (Phi) is 4.09. The first-order valence-corrected chi connectivity index (χ1v) is 12.3. The molecular weight excluding hydrogens is 436 g/mol. The average molecular weight is 459 g/mol. The van der Waals surface area contributed by atoms with E-state index in [0.29, 0.717) is 0 Å². The molecule has 7 rings (SSSR count). The fraction of sp³-hybridized carbons (Fsp3) is 0.0968. The molecule has 4 aromatic carbocycles. The lowest BCUT2D eigenvalue weighted by atomic mass is 9.75. The lowest BCUT2D eigenvalue weighted by Crippen LogP contribution is -2.24. The number of furan rings is 1. The number of rotatable bonds is 2. The lowest BCUT2D eigenvalue weighted by Gasteiger charge is -2.34. The predicted molar refractivity (Wildman–Crippen MR) is 141 cm³/mol. The number of benzene rings is 4. The van der Waals surface area contributed by atoms with Gasteiger partial charge >= 0.3 is 0 Å². The molecule has 0 aliphatic carbocycles. The number of hydrogen-bond acceptors (Lipinski definition) is 3. The minimum atomic E-state index is -0.0920. The molecule has 1 aliphatic heterocycles. The monoisotopic (exact) mass is 458 g/mol. The van der Waals surface area contributed by atoms with Gasteiger partial charge in [-0.3, -0.25) is 0 Å². The number of ether oxygens (including phenoxy) is 1. The fourth-order valence-electron chi connectivity index (χ4n) is 5.14. The highest BCUT2D eigenvalue weighted by atomic mass is 32.1. The van der Waals surface area contributed by atoms with Crippen molar-refractivity contribution in [3.05, 3.63) is 108 Å². The van der Waals surface area contributed by atoms with E-state index in [9.17, 15) is 0 Å². The molecule has 0 unspecified atom stereocenters. The second kappa shape index (κ2) is 7.09. The van der Waals surface area contributed by atoms with E-state index in [4.69, 9.17) is 9.15 Å². The summed E-state index contributed by atoms with van der Waals surface area (Å²) in [6.07, 6.45) is 0. The van der Waals surface area contributed by atoms with E-state index < -0.39 is 0 Å². The van der Waals surface area contributed by atoms with Crippen LogP contribution in [0.15, 0.2) is 101 Å². The maximum Gasteiger partial charge on any atom is 0.136 e. The largest absolute Gasteiger partial charge is 0.457 e. The Morgan fingerprint density at radius 2 is 1.26 bits per heavy atom. The third-order valence-electron chi connectivity index (χ3n) is 6.99. The Labute approximate surface area is 202 Å². The van der Waals surface area contributed by atoms with Crippen molar-refractivity contribution < 1.29 is 9.15 Å². The van der Waals surface area contributed by atoms with Crippen LogP contribution < -0.4 is 4.74 Å². The highest BCUT2D eigenvalue weighted by Gasteiger charge is 2.34. The number of para-hydroxylation sites is 2.